The minimum Gasteiger partial charge on any atom is -0.490 e. The lowest BCUT2D eigenvalue weighted by Crippen LogP contribution is -2.27. The zero-order chi connectivity index (χ0) is 21.5. The van der Waals surface area contributed by atoms with Gasteiger partial charge in [-0.15, -0.1) is 0 Å². The number of hydrogen-bond donors (Lipinski definition) is 1. The van der Waals surface area contributed by atoms with Crippen molar-refractivity contribution in [3.05, 3.63) is 59.0 Å². The molecule has 3 rings (SSSR count). The van der Waals surface area contributed by atoms with Gasteiger partial charge in [-0.1, -0.05) is 48.2 Å². The van der Waals surface area contributed by atoms with Crippen molar-refractivity contribution in [1.29, 1.82) is 0 Å². The van der Waals surface area contributed by atoms with Crippen LogP contribution in [0.25, 0.3) is 6.08 Å². The van der Waals surface area contributed by atoms with Crippen molar-refractivity contribution in [3.8, 4) is 11.5 Å². The molecule has 0 aromatic heterocycles. The molecule has 1 heterocycles. The maximum absolute atomic E-state index is 12.4. The number of nitrogens with zero attached hydrogens (tertiary/aromatic N) is 1. The summed E-state index contributed by atoms with van der Waals surface area (Å²) in [5.74, 6) is 0.599. The number of rotatable bonds is 8. The van der Waals surface area contributed by atoms with E-state index in [1.807, 2.05) is 38.1 Å². The molecule has 30 heavy (non-hydrogen) atoms. The lowest BCUT2D eigenvalue weighted by Gasteiger charge is -2.13. The Kier molecular flexibility index (Phi) is 7.48. The summed E-state index contributed by atoms with van der Waals surface area (Å²) in [7, 11) is 0. The van der Waals surface area contributed by atoms with E-state index in [1.165, 1.54) is 11.8 Å². The average Bonchev–Trinajstić information content (AvgIpc) is 3.00. The van der Waals surface area contributed by atoms with Crippen molar-refractivity contribution < 1.29 is 19.1 Å². The summed E-state index contributed by atoms with van der Waals surface area (Å²) in [6.07, 6.45) is 1.78. The minimum absolute atomic E-state index is 0.0941. The monoisotopic (exact) mass is 442 g/mol. The lowest BCUT2D eigenvalue weighted by molar-refractivity contribution is -0.122. The van der Waals surface area contributed by atoms with Gasteiger partial charge >= 0.3 is 0 Å². The van der Waals surface area contributed by atoms with Gasteiger partial charge in [-0.25, -0.2) is 0 Å². The largest absolute Gasteiger partial charge is 0.490 e. The molecule has 0 bridgehead atoms. The molecule has 2 aromatic rings. The molecule has 1 aliphatic heterocycles. The molecule has 0 saturated carbocycles. The second-order valence-electron chi connectivity index (χ2n) is 6.27. The maximum Gasteiger partial charge on any atom is 0.266 e. The van der Waals surface area contributed by atoms with Crippen molar-refractivity contribution in [2.45, 2.75) is 13.8 Å². The first kappa shape index (κ1) is 21.9. The van der Waals surface area contributed by atoms with Gasteiger partial charge in [0.1, 0.15) is 4.32 Å². The van der Waals surface area contributed by atoms with Crippen LogP contribution in [0.4, 0.5) is 5.69 Å². The van der Waals surface area contributed by atoms with Crippen molar-refractivity contribution in [1.82, 2.24) is 4.90 Å². The summed E-state index contributed by atoms with van der Waals surface area (Å²) < 4.78 is 11.9. The van der Waals surface area contributed by atoms with Gasteiger partial charge in [0.2, 0.25) is 0 Å². The van der Waals surface area contributed by atoms with E-state index in [1.54, 1.807) is 35.2 Å². The molecule has 2 amide bonds. The molecular formula is C22H22N2O4S2. The predicted molar refractivity (Wildman–Crippen MR) is 124 cm³/mol. The van der Waals surface area contributed by atoms with E-state index in [-0.39, 0.29) is 18.4 Å². The van der Waals surface area contributed by atoms with Crippen molar-refractivity contribution in [2.24, 2.45) is 0 Å². The van der Waals surface area contributed by atoms with Gasteiger partial charge in [-0.05, 0) is 49.8 Å². The summed E-state index contributed by atoms with van der Waals surface area (Å²) >= 11 is 6.53. The fourth-order valence-electron chi connectivity index (χ4n) is 2.79. The Bertz CT molecular complexity index is 976. The summed E-state index contributed by atoms with van der Waals surface area (Å²) in [4.78, 5) is 26.7. The fourth-order valence-corrected chi connectivity index (χ4v) is 4.17. The van der Waals surface area contributed by atoms with Crippen LogP contribution in [0.1, 0.15) is 19.4 Å². The highest BCUT2D eigenvalue weighted by Gasteiger charge is 2.30. The second-order valence-corrected chi connectivity index (χ2v) is 7.94. The van der Waals surface area contributed by atoms with Crippen LogP contribution in [0, 0.1) is 0 Å². The first-order chi connectivity index (χ1) is 14.5. The molecule has 0 atom stereocenters. The summed E-state index contributed by atoms with van der Waals surface area (Å²) in [5, 5.41) is 2.77. The molecule has 8 heteroatoms. The molecule has 6 nitrogen and oxygen atoms in total. The van der Waals surface area contributed by atoms with Crippen LogP contribution in [0.3, 0.4) is 0 Å². The van der Waals surface area contributed by atoms with E-state index < -0.39 is 0 Å². The van der Waals surface area contributed by atoms with Crippen LogP contribution in [-0.4, -0.2) is 40.8 Å². The molecule has 2 aromatic carbocycles. The SMILES string of the molecule is CCOc1cc(/C=C2\SC(=S)N(CC)C2=O)ccc1OCC(=O)Nc1ccccc1. The smallest absolute Gasteiger partial charge is 0.266 e. The molecule has 1 saturated heterocycles. The van der Waals surface area contributed by atoms with Crippen molar-refractivity contribution in [2.75, 3.05) is 25.1 Å². The number of carbonyl (C=O) groups excluding carboxylic acids is 2. The molecule has 1 N–H and O–H groups in total. The standard InChI is InChI=1S/C22H22N2O4S2/c1-3-24-21(26)19(30-22(24)29)13-15-10-11-17(18(12-15)27-4-2)28-14-20(25)23-16-8-6-5-7-9-16/h5-13H,3-4,14H2,1-2H3,(H,23,25)/b19-13-. The van der Waals surface area contributed by atoms with Gasteiger partial charge in [-0.3, -0.25) is 14.5 Å². The van der Waals surface area contributed by atoms with Crippen LogP contribution < -0.4 is 14.8 Å². The number of nitrogens with one attached hydrogen (secondary N) is 1. The van der Waals surface area contributed by atoms with Gasteiger partial charge < -0.3 is 14.8 Å². The van der Waals surface area contributed by atoms with Crippen LogP contribution in [0.2, 0.25) is 0 Å². The number of thioether (sulfide) groups is 1. The van der Waals surface area contributed by atoms with Crippen molar-refractivity contribution >= 4 is 51.9 Å². The Morgan fingerprint density at radius 2 is 1.90 bits per heavy atom. The number of benzene rings is 2. The van der Waals surface area contributed by atoms with Gasteiger partial charge in [0.15, 0.2) is 18.1 Å². The highest BCUT2D eigenvalue weighted by Crippen LogP contribution is 2.34. The number of thiocarbonyl (C=S) groups is 1. The Hall–Kier alpha value is -2.84. The number of likely N-dealkylation sites (N-methyl/N-ethyl adjacent to an activating group) is 1. The van der Waals surface area contributed by atoms with E-state index in [0.717, 1.165) is 5.56 Å². The first-order valence-electron chi connectivity index (χ1n) is 9.51. The quantitative estimate of drug-likeness (QED) is 0.485. The Morgan fingerprint density at radius 1 is 1.13 bits per heavy atom. The molecule has 0 spiro atoms. The highest BCUT2D eigenvalue weighted by atomic mass is 32.2. The predicted octanol–water partition coefficient (Wildman–Crippen LogP) is 4.32. The minimum atomic E-state index is -0.268. The first-order valence-corrected chi connectivity index (χ1v) is 10.7. The molecule has 1 fully saturated rings. The molecule has 0 aliphatic carbocycles. The molecule has 0 radical (unpaired) electrons. The molecular weight excluding hydrogens is 420 g/mol. The summed E-state index contributed by atoms with van der Waals surface area (Å²) in [6, 6.07) is 14.5. The van der Waals surface area contributed by atoms with Crippen molar-refractivity contribution in [3.63, 3.8) is 0 Å². The average molecular weight is 443 g/mol. The number of carbonyl (C=O) groups is 2. The number of amides is 2. The number of anilines is 1. The molecule has 1 aliphatic rings. The Balaban J connectivity index is 1.71. The number of hydrogen-bond acceptors (Lipinski definition) is 6. The van der Waals surface area contributed by atoms with E-state index in [9.17, 15) is 9.59 Å². The topological polar surface area (TPSA) is 67.9 Å². The van der Waals surface area contributed by atoms with E-state index in [2.05, 4.69) is 5.32 Å². The van der Waals surface area contributed by atoms with Gasteiger partial charge in [0, 0.05) is 12.2 Å². The second kappa shape index (κ2) is 10.3. The normalized spacial score (nSPS) is 14.9. The lowest BCUT2D eigenvalue weighted by atomic mass is 10.2. The van der Waals surface area contributed by atoms with Crippen LogP contribution in [-0.2, 0) is 9.59 Å². The van der Waals surface area contributed by atoms with Crippen LogP contribution >= 0.6 is 24.0 Å². The van der Waals surface area contributed by atoms with E-state index >= 15 is 0 Å². The zero-order valence-electron chi connectivity index (χ0n) is 16.7. The Labute approximate surface area is 185 Å². The van der Waals surface area contributed by atoms with Gasteiger partial charge in [0.25, 0.3) is 11.8 Å². The fraction of sp³-hybridized carbons (Fsp3) is 0.227. The van der Waals surface area contributed by atoms with E-state index in [4.69, 9.17) is 21.7 Å². The zero-order valence-corrected chi connectivity index (χ0v) is 18.3. The molecule has 0 unspecified atom stereocenters. The maximum atomic E-state index is 12.4. The summed E-state index contributed by atoms with van der Waals surface area (Å²) in [5.41, 5.74) is 1.49. The summed E-state index contributed by atoms with van der Waals surface area (Å²) in [6.45, 7) is 4.59. The van der Waals surface area contributed by atoms with E-state index in [0.29, 0.717) is 39.6 Å². The highest BCUT2D eigenvalue weighted by molar-refractivity contribution is 8.26. The van der Waals surface area contributed by atoms with Crippen LogP contribution in [0.5, 0.6) is 11.5 Å². The molecule has 156 valence electrons. The van der Waals surface area contributed by atoms with Gasteiger partial charge in [-0.2, -0.15) is 0 Å². The van der Waals surface area contributed by atoms with Crippen LogP contribution in [0.15, 0.2) is 53.4 Å². The third-order valence-electron chi connectivity index (χ3n) is 4.17. The number of para-hydroxylation sites is 1. The number of ether oxygens (including phenoxy) is 2. The Morgan fingerprint density at radius 3 is 2.57 bits per heavy atom. The third kappa shape index (κ3) is 5.40. The van der Waals surface area contributed by atoms with Gasteiger partial charge in [0.05, 0.1) is 11.5 Å². The third-order valence-corrected chi connectivity index (χ3v) is 5.55.